The van der Waals surface area contributed by atoms with Crippen molar-refractivity contribution in [1.82, 2.24) is 15.5 Å². The summed E-state index contributed by atoms with van der Waals surface area (Å²) in [5.41, 5.74) is 0. The molecule has 4 nitrogen and oxygen atoms in total. The number of piperidine rings is 1. The Kier molecular flexibility index (Phi) is 6.49. The predicted molar refractivity (Wildman–Crippen MR) is 87.3 cm³/mol. The van der Waals surface area contributed by atoms with Crippen LogP contribution in [0.25, 0.3) is 0 Å². The van der Waals surface area contributed by atoms with E-state index in [4.69, 9.17) is 0 Å². The molecule has 0 aromatic heterocycles. The van der Waals surface area contributed by atoms with Gasteiger partial charge in [-0.1, -0.05) is 19.3 Å². The van der Waals surface area contributed by atoms with E-state index in [1.807, 2.05) is 0 Å². The van der Waals surface area contributed by atoms with Crippen LogP contribution >= 0.6 is 0 Å². The third-order valence-electron chi connectivity index (χ3n) is 5.09. The van der Waals surface area contributed by atoms with Crippen molar-refractivity contribution in [1.29, 1.82) is 0 Å². The van der Waals surface area contributed by atoms with Crippen LogP contribution in [-0.4, -0.2) is 48.1 Å². The largest absolute Gasteiger partial charge is 0.352 e. The molecule has 2 aliphatic rings. The van der Waals surface area contributed by atoms with Crippen molar-refractivity contribution in [2.75, 3.05) is 13.1 Å². The van der Waals surface area contributed by atoms with Crippen LogP contribution in [0.5, 0.6) is 0 Å². The number of nitrogens with zero attached hydrogens (tertiary/aromatic N) is 1. The van der Waals surface area contributed by atoms with Crippen molar-refractivity contribution in [3.8, 4) is 0 Å². The minimum atomic E-state index is -0.0330. The third kappa shape index (κ3) is 4.96. The van der Waals surface area contributed by atoms with E-state index < -0.39 is 0 Å². The van der Waals surface area contributed by atoms with Gasteiger partial charge in [-0.3, -0.25) is 9.69 Å². The van der Waals surface area contributed by atoms with Gasteiger partial charge in [0.05, 0.1) is 6.04 Å². The smallest absolute Gasteiger partial charge is 0.237 e. The lowest BCUT2D eigenvalue weighted by molar-refractivity contribution is -0.127. The second-order valence-corrected chi connectivity index (χ2v) is 7.10. The normalized spacial score (nSPS) is 25.5. The fraction of sp³-hybridized carbons (Fsp3) is 0.941. The van der Waals surface area contributed by atoms with Crippen LogP contribution in [0.15, 0.2) is 0 Å². The first-order valence-corrected chi connectivity index (χ1v) is 8.87. The molecule has 1 heterocycles. The average molecular weight is 295 g/mol. The molecule has 1 aliphatic carbocycles. The van der Waals surface area contributed by atoms with Gasteiger partial charge < -0.3 is 10.6 Å². The van der Waals surface area contributed by atoms with E-state index in [1.54, 1.807) is 0 Å². The Morgan fingerprint density at radius 2 is 1.81 bits per heavy atom. The van der Waals surface area contributed by atoms with Gasteiger partial charge in [0.25, 0.3) is 0 Å². The Bertz CT molecular complexity index is 320. The van der Waals surface area contributed by atoms with Crippen LogP contribution in [0.4, 0.5) is 0 Å². The minimum Gasteiger partial charge on any atom is -0.352 e. The monoisotopic (exact) mass is 295 g/mol. The summed E-state index contributed by atoms with van der Waals surface area (Å²) in [5.74, 6) is 0.214. The van der Waals surface area contributed by atoms with Crippen molar-refractivity contribution >= 4 is 5.91 Å². The van der Waals surface area contributed by atoms with Crippen LogP contribution in [0.1, 0.15) is 65.7 Å². The lowest BCUT2D eigenvalue weighted by atomic mass is 10.0. The van der Waals surface area contributed by atoms with Gasteiger partial charge in [0.15, 0.2) is 0 Å². The van der Waals surface area contributed by atoms with E-state index in [9.17, 15) is 4.79 Å². The second-order valence-electron chi connectivity index (χ2n) is 7.10. The van der Waals surface area contributed by atoms with Crippen molar-refractivity contribution in [3.63, 3.8) is 0 Å². The minimum absolute atomic E-state index is 0.0330. The van der Waals surface area contributed by atoms with E-state index in [0.29, 0.717) is 18.1 Å². The van der Waals surface area contributed by atoms with Gasteiger partial charge in [0, 0.05) is 24.7 Å². The molecule has 4 heteroatoms. The molecule has 2 N–H and O–H groups in total. The van der Waals surface area contributed by atoms with Crippen LogP contribution in [-0.2, 0) is 4.79 Å². The Morgan fingerprint density at radius 3 is 2.38 bits per heavy atom. The van der Waals surface area contributed by atoms with Crippen LogP contribution in [0.3, 0.4) is 0 Å². The Labute approximate surface area is 130 Å². The highest BCUT2D eigenvalue weighted by molar-refractivity contribution is 5.81. The molecule has 2 unspecified atom stereocenters. The first-order chi connectivity index (χ1) is 10.1. The molecule has 2 fully saturated rings. The fourth-order valence-corrected chi connectivity index (χ4v) is 3.69. The number of carbonyl (C=O) groups is 1. The number of rotatable bonds is 6. The fourth-order valence-electron chi connectivity index (χ4n) is 3.69. The average Bonchev–Trinajstić information content (AvgIpc) is 2.97. The molecule has 0 radical (unpaired) electrons. The summed E-state index contributed by atoms with van der Waals surface area (Å²) >= 11 is 0. The Hall–Kier alpha value is -0.610. The Morgan fingerprint density at radius 1 is 1.14 bits per heavy atom. The lowest BCUT2D eigenvalue weighted by Gasteiger charge is -2.36. The summed E-state index contributed by atoms with van der Waals surface area (Å²) in [6, 6.07) is 1.33. The first-order valence-electron chi connectivity index (χ1n) is 8.87. The molecular weight excluding hydrogens is 262 g/mol. The highest BCUT2D eigenvalue weighted by atomic mass is 16.2. The van der Waals surface area contributed by atoms with Gasteiger partial charge in [-0.05, 0) is 53.0 Å². The van der Waals surface area contributed by atoms with Crippen LogP contribution in [0, 0.1) is 0 Å². The van der Waals surface area contributed by atoms with Gasteiger partial charge in [-0.15, -0.1) is 0 Å². The summed E-state index contributed by atoms with van der Waals surface area (Å²) in [4.78, 5) is 14.9. The molecule has 21 heavy (non-hydrogen) atoms. The molecule has 1 saturated carbocycles. The Balaban J connectivity index is 1.87. The van der Waals surface area contributed by atoms with Crippen LogP contribution < -0.4 is 10.6 Å². The summed E-state index contributed by atoms with van der Waals surface area (Å²) in [6.45, 7) is 8.56. The molecule has 2 rings (SSSR count). The molecular formula is C17H33N3O. The molecule has 0 bridgehead atoms. The molecule has 122 valence electrons. The molecule has 0 aromatic rings. The summed E-state index contributed by atoms with van der Waals surface area (Å²) in [5, 5.41) is 6.85. The number of amides is 1. The molecule has 1 amide bonds. The highest BCUT2D eigenvalue weighted by Crippen LogP contribution is 2.18. The second kappa shape index (κ2) is 8.14. The zero-order chi connectivity index (χ0) is 15.2. The number of carbonyl (C=O) groups excluding carboxylic acids is 1. The lowest BCUT2D eigenvalue weighted by Crippen LogP contribution is -2.54. The van der Waals surface area contributed by atoms with Gasteiger partial charge in [0.2, 0.25) is 5.91 Å². The number of nitrogens with one attached hydrogen (secondary N) is 2. The zero-order valence-corrected chi connectivity index (χ0v) is 14.0. The number of hydrogen-bond acceptors (Lipinski definition) is 3. The maximum absolute atomic E-state index is 12.5. The molecule has 2 atom stereocenters. The maximum Gasteiger partial charge on any atom is 0.237 e. The van der Waals surface area contributed by atoms with E-state index in [-0.39, 0.29) is 11.9 Å². The first kappa shape index (κ1) is 16.8. The van der Waals surface area contributed by atoms with Gasteiger partial charge >= 0.3 is 0 Å². The van der Waals surface area contributed by atoms with E-state index in [0.717, 1.165) is 25.9 Å². The van der Waals surface area contributed by atoms with Gasteiger partial charge in [0.1, 0.15) is 0 Å². The highest BCUT2D eigenvalue weighted by Gasteiger charge is 2.28. The summed E-state index contributed by atoms with van der Waals surface area (Å²) in [6.07, 6.45) is 8.68. The van der Waals surface area contributed by atoms with Crippen molar-refractivity contribution < 1.29 is 4.79 Å². The van der Waals surface area contributed by atoms with Gasteiger partial charge in [-0.25, -0.2) is 0 Å². The van der Waals surface area contributed by atoms with E-state index in [2.05, 4.69) is 36.3 Å². The van der Waals surface area contributed by atoms with E-state index in [1.165, 1.54) is 32.1 Å². The van der Waals surface area contributed by atoms with Crippen molar-refractivity contribution in [2.24, 2.45) is 0 Å². The van der Waals surface area contributed by atoms with Gasteiger partial charge in [-0.2, -0.15) is 0 Å². The zero-order valence-electron chi connectivity index (χ0n) is 14.0. The van der Waals surface area contributed by atoms with Crippen molar-refractivity contribution in [2.45, 2.75) is 89.9 Å². The quantitative estimate of drug-likeness (QED) is 0.790. The number of hydrogen-bond donors (Lipinski definition) is 2. The molecule has 0 aromatic carbocycles. The van der Waals surface area contributed by atoms with Crippen LogP contribution in [0.2, 0.25) is 0 Å². The van der Waals surface area contributed by atoms with E-state index >= 15 is 0 Å². The maximum atomic E-state index is 12.5. The summed E-state index contributed by atoms with van der Waals surface area (Å²) in [7, 11) is 0. The predicted octanol–water partition coefficient (Wildman–Crippen LogP) is 2.29. The molecule has 1 aliphatic heterocycles. The molecule has 1 saturated heterocycles. The summed E-state index contributed by atoms with van der Waals surface area (Å²) < 4.78 is 0. The topological polar surface area (TPSA) is 44.4 Å². The third-order valence-corrected chi connectivity index (χ3v) is 5.09. The molecule has 0 spiro atoms. The standard InChI is InChI=1S/C17H33N3O/c1-13(2)20(12-16-10-6-7-11-18-16)14(3)17(21)19-15-8-4-5-9-15/h13-16,18H,4-12H2,1-3H3,(H,19,21). The van der Waals surface area contributed by atoms with Crippen molar-refractivity contribution in [3.05, 3.63) is 0 Å². The SMILES string of the molecule is CC(C)N(CC1CCCCN1)C(C)C(=O)NC1CCCC1.